The van der Waals surface area contributed by atoms with E-state index in [1.165, 1.54) is 12.1 Å². The predicted molar refractivity (Wildman–Crippen MR) is 121 cm³/mol. The van der Waals surface area contributed by atoms with Crippen molar-refractivity contribution in [2.75, 3.05) is 44.4 Å². The van der Waals surface area contributed by atoms with Gasteiger partial charge in [0.15, 0.2) is 0 Å². The number of carbonyl (C=O) groups excluding carboxylic acids is 2. The van der Waals surface area contributed by atoms with E-state index in [0.717, 1.165) is 5.56 Å². The molecule has 7 heteroatoms. The van der Waals surface area contributed by atoms with Gasteiger partial charge in [-0.15, -0.1) is 0 Å². The highest BCUT2D eigenvalue weighted by Crippen LogP contribution is 2.40. The van der Waals surface area contributed by atoms with E-state index in [-0.39, 0.29) is 24.2 Å². The van der Waals surface area contributed by atoms with Crippen LogP contribution in [0.1, 0.15) is 24.8 Å². The van der Waals surface area contributed by atoms with Crippen molar-refractivity contribution in [3.63, 3.8) is 0 Å². The van der Waals surface area contributed by atoms with Gasteiger partial charge in [0.1, 0.15) is 18.0 Å². The summed E-state index contributed by atoms with van der Waals surface area (Å²) in [5.41, 5.74) is 0.728. The van der Waals surface area contributed by atoms with Gasteiger partial charge < -0.3 is 19.3 Å². The summed E-state index contributed by atoms with van der Waals surface area (Å²) in [6, 6.07) is 16.1. The van der Waals surface area contributed by atoms with Crippen LogP contribution in [-0.4, -0.2) is 61.8 Å². The molecule has 5 rings (SSSR count). The van der Waals surface area contributed by atoms with E-state index in [9.17, 15) is 14.0 Å². The quantitative estimate of drug-likeness (QED) is 0.715. The second-order valence-electron chi connectivity index (χ2n) is 9.46. The highest BCUT2D eigenvalue weighted by atomic mass is 19.1. The minimum Gasteiger partial charge on any atom is -0.381 e. The Morgan fingerprint density at radius 3 is 2.42 bits per heavy atom. The van der Waals surface area contributed by atoms with Gasteiger partial charge >= 0.3 is 0 Å². The average Bonchev–Trinajstić information content (AvgIpc) is 3.25. The van der Waals surface area contributed by atoms with Crippen molar-refractivity contribution in [2.45, 2.75) is 31.3 Å². The number of rotatable bonds is 4. The number of benzene rings is 2. The Bertz CT molecular complexity index is 1010. The van der Waals surface area contributed by atoms with Gasteiger partial charge in [0.2, 0.25) is 5.91 Å². The molecule has 0 N–H and O–H groups in total. The van der Waals surface area contributed by atoms with Crippen molar-refractivity contribution in [3.8, 4) is 0 Å². The van der Waals surface area contributed by atoms with Crippen molar-refractivity contribution >= 4 is 17.5 Å². The average molecular weight is 453 g/mol. The predicted octanol–water partition coefficient (Wildman–Crippen LogP) is 3.20. The smallest absolute Gasteiger partial charge is 0.253 e. The molecule has 0 radical (unpaired) electrons. The van der Waals surface area contributed by atoms with Gasteiger partial charge in [0.25, 0.3) is 5.91 Å². The zero-order chi connectivity index (χ0) is 22.9. The highest BCUT2D eigenvalue weighted by Gasteiger charge is 2.50. The molecule has 2 aromatic rings. The van der Waals surface area contributed by atoms with Gasteiger partial charge in [-0.25, -0.2) is 4.39 Å². The van der Waals surface area contributed by atoms with Gasteiger partial charge in [-0.3, -0.25) is 9.59 Å². The van der Waals surface area contributed by atoms with Crippen LogP contribution in [0.25, 0.3) is 0 Å². The summed E-state index contributed by atoms with van der Waals surface area (Å²) in [6.07, 6.45) is 2.76. The van der Waals surface area contributed by atoms with E-state index in [4.69, 9.17) is 9.47 Å². The van der Waals surface area contributed by atoms with Crippen LogP contribution in [0.4, 0.5) is 10.1 Å². The Kier molecular flexibility index (Phi) is 5.93. The Morgan fingerprint density at radius 1 is 0.970 bits per heavy atom. The van der Waals surface area contributed by atoms with Gasteiger partial charge in [0.05, 0.1) is 18.5 Å². The lowest BCUT2D eigenvalue weighted by atomic mass is 9.74. The van der Waals surface area contributed by atoms with Crippen LogP contribution < -0.4 is 4.90 Å². The summed E-state index contributed by atoms with van der Waals surface area (Å²) in [4.78, 5) is 30.0. The van der Waals surface area contributed by atoms with Crippen molar-refractivity contribution in [1.29, 1.82) is 0 Å². The molecular formula is C26H29FN2O4. The first-order valence-corrected chi connectivity index (χ1v) is 11.6. The zero-order valence-electron chi connectivity index (χ0n) is 18.7. The molecule has 3 fully saturated rings. The summed E-state index contributed by atoms with van der Waals surface area (Å²) in [5, 5.41) is 0. The summed E-state index contributed by atoms with van der Waals surface area (Å²) in [5.74, 6) is -0.339. The van der Waals surface area contributed by atoms with Gasteiger partial charge in [0, 0.05) is 25.4 Å². The first-order valence-electron chi connectivity index (χ1n) is 11.6. The van der Waals surface area contributed by atoms with E-state index in [1.807, 2.05) is 23.1 Å². The van der Waals surface area contributed by atoms with Gasteiger partial charge in [-0.2, -0.15) is 0 Å². The standard InChI is InChI=1S/C26H29FN2O4/c27-21-6-8-22(9-7-21)29-19-26(33-17-23(29)30)10-13-28(18-26)24(31)25(11-14-32-15-12-25)16-20-4-2-1-3-5-20/h1-9H,10-19H2. The number of amides is 2. The van der Waals surface area contributed by atoms with Crippen LogP contribution in [0, 0.1) is 11.2 Å². The third-order valence-corrected chi connectivity index (χ3v) is 7.28. The first kappa shape index (κ1) is 22.0. The normalized spacial score (nSPS) is 24.9. The fraction of sp³-hybridized carbons (Fsp3) is 0.462. The second kappa shape index (κ2) is 8.88. The largest absolute Gasteiger partial charge is 0.381 e. The number of hydrogen-bond acceptors (Lipinski definition) is 4. The minimum absolute atomic E-state index is 0.0393. The molecule has 0 aromatic heterocycles. The molecule has 0 saturated carbocycles. The number of likely N-dealkylation sites (tertiary alicyclic amines) is 1. The molecule has 2 aromatic carbocycles. The van der Waals surface area contributed by atoms with E-state index in [0.29, 0.717) is 64.2 Å². The van der Waals surface area contributed by atoms with Crippen LogP contribution >= 0.6 is 0 Å². The van der Waals surface area contributed by atoms with E-state index in [1.54, 1.807) is 17.0 Å². The molecule has 33 heavy (non-hydrogen) atoms. The third-order valence-electron chi connectivity index (χ3n) is 7.28. The molecule has 1 unspecified atom stereocenters. The molecule has 1 atom stereocenters. The Labute approximate surface area is 193 Å². The lowest BCUT2D eigenvalue weighted by molar-refractivity contribution is -0.149. The molecule has 0 aliphatic carbocycles. The van der Waals surface area contributed by atoms with Crippen LogP contribution in [-0.2, 0) is 25.5 Å². The summed E-state index contributed by atoms with van der Waals surface area (Å²) in [7, 11) is 0. The number of anilines is 1. The van der Waals surface area contributed by atoms with Crippen molar-refractivity contribution in [2.24, 2.45) is 5.41 Å². The van der Waals surface area contributed by atoms with Crippen molar-refractivity contribution in [3.05, 3.63) is 66.0 Å². The fourth-order valence-corrected chi connectivity index (χ4v) is 5.39. The van der Waals surface area contributed by atoms with Crippen LogP contribution in [0.2, 0.25) is 0 Å². The van der Waals surface area contributed by atoms with Crippen molar-refractivity contribution < 1.29 is 23.5 Å². The zero-order valence-corrected chi connectivity index (χ0v) is 18.7. The minimum atomic E-state index is -0.600. The fourth-order valence-electron chi connectivity index (χ4n) is 5.39. The Morgan fingerprint density at radius 2 is 1.70 bits per heavy atom. The molecule has 0 bridgehead atoms. The summed E-state index contributed by atoms with van der Waals surface area (Å²) >= 11 is 0. The number of morpholine rings is 1. The Hall–Kier alpha value is -2.77. The number of halogens is 1. The molecule has 174 valence electrons. The molecule has 3 aliphatic heterocycles. The monoisotopic (exact) mass is 452 g/mol. The van der Waals surface area contributed by atoms with Crippen LogP contribution in [0.5, 0.6) is 0 Å². The SMILES string of the molecule is O=C1COC2(CCN(C(=O)C3(Cc4ccccc4)CCOCC3)C2)CN1c1ccc(F)cc1. The maximum atomic E-state index is 13.9. The maximum Gasteiger partial charge on any atom is 0.253 e. The molecule has 3 heterocycles. The van der Waals surface area contributed by atoms with E-state index >= 15 is 0 Å². The van der Waals surface area contributed by atoms with Gasteiger partial charge in [-0.05, 0) is 55.5 Å². The molecule has 3 saturated heterocycles. The molecule has 3 aliphatic rings. The number of ether oxygens (including phenoxy) is 2. The number of nitrogens with zero attached hydrogens (tertiary/aromatic N) is 2. The topological polar surface area (TPSA) is 59.1 Å². The summed E-state index contributed by atoms with van der Waals surface area (Å²) < 4.78 is 25.0. The van der Waals surface area contributed by atoms with Crippen LogP contribution in [0.3, 0.4) is 0 Å². The highest BCUT2D eigenvalue weighted by molar-refractivity contribution is 5.95. The van der Waals surface area contributed by atoms with E-state index in [2.05, 4.69) is 12.1 Å². The molecule has 6 nitrogen and oxygen atoms in total. The molecular weight excluding hydrogens is 423 g/mol. The number of hydrogen-bond donors (Lipinski definition) is 0. The van der Waals surface area contributed by atoms with E-state index < -0.39 is 11.0 Å². The number of carbonyl (C=O) groups is 2. The van der Waals surface area contributed by atoms with Gasteiger partial charge in [-0.1, -0.05) is 30.3 Å². The lowest BCUT2D eigenvalue weighted by Crippen LogP contribution is -2.57. The molecule has 2 amide bonds. The van der Waals surface area contributed by atoms with Crippen LogP contribution in [0.15, 0.2) is 54.6 Å². The lowest BCUT2D eigenvalue weighted by Gasteiger charge is -2.41. The molecule has 1 spiro atoms. The van der Waals surface area contributed by atoms with Crippen molar-refractivity contribution in [1.82, 2.24) is 4.90 Å². The first-order chi connectivity index (χ1) is 16.0. The maximum absolute atomic E-state index is 13.9. The third kappa shape index (κ3) is 4.39. The second-order valence-corrected chi connectivity index (χ2v) is 9.46. The summed E-state index contributed by atoms with van der Waals surface area (Å²) in [6.45, 7) is 2.54. The Balaban J connectivity index is 1.34.